The van der Waals surface area contributed by atoms with E-state index in [9.17, 15) is 4.79 Å². The Labute approximate surface area is 162 Å². The fraction of sp³-hybridized carbons (Fsp3) is 0.316. The summed E-state index contributed by atoms with van der Waals surface area (Å²) in [4.78, 5) is 27.1. The molecule has 144 valence electrons. The van der Waals surface area contributed by atoms with Crippen molar-refractivity contribution in [2.24, 2.45) is 0 Å². The van der Waals surface area contributed by atoms with Crippen LogP contribution in [0.3, 0.4) is 0 Å². The lowest BCUT2D eigenvalue weighted by Gasteiger charge is -2.31. The summed E-state index contributed by atoms with van der Waals surface area (Å²) in [5.41, 5.74) is 1.39. The second kappa shape index (κ2) is 8.03. The molecule has 0 unspecified atom stereocenters. The van der Waals surface area contributed by atoms with Crippen LogP contribution in [0.25, 0.3) is 11.5 Å². The summed E-state index contributed by atoms with van der Waals surface area (Å²) < 4.78 is 5.13. The Hall–Kier alpha value is -3.49. The van der Waals surface area contributed by atoms with Crippen LogP contribution in [-0.4, -0.2) is 56.3 Å². The summed E-state index contributed by atoms with van der Waals surface area (Å²) >= 11 is 0. The van der Waals surface area contributed by atoms with Crippen LogP contribution in [0.2, 0.25) is 0 Å². The number of piperidine rings is 1. The summed E-state index contributed by atoms with van der Waals surface area (Å²) in [5, 5.41) is 10.2. The highest BCUT2D eigenvalue weighted by Gasteiger charge is 2.26. The number of aromatic amines is 1. The van der Waals surface area contributed by atoms with Crippen molar-refractivity contribution in [3.8, 4) is 17.3 Å². The first-order valence-corrected chi connectivity index (χ1v) is 9.11. The fourth-order valence-electron chi connectivity index (χ4n) is 3.22. The lowest BCUT2D eigenvalue weighted by atomic mass is 9.96. The van der Waals surface area contributed by atoms with Gasteiger partial charge in [0.15, 0.2) is 0 Å². The zero-order valence-electron chi connectivity index (χ0n) is 15.5. The molecule has 4 rings (SSSR count). The topological polar surface area (TPSA) is 109 Å². The number of nitrogens with zero attached hydrogens (tertiary/aromatic N) is 5. The number of urea groups is 1. The van der Waals surface area contributed by atoms with E-state index in [2.05, 4.69) is 30.5 Å². The number of amides is 2. The zero-order chi connectivity index (χ0) is 19.3. The van der Waals surface area contributed by atoms with Gasteiger partial charge in [0.25, 0.3) is 0 Å². The largest absolute Gasteiger partial charge is 0.497 e. The standard InChI is InChI=1S/C19H21N7O2/c1-28-15-4-2-14(3-5-15)22-19(27)26-10-6-13(7-11-26)17-23-18(25-24-17)16-12-20-8-9-21-16/h2-5,8-9,12-13H,6-7,10-11H2,1H3,(H,22,27)(H,23,24,25). The van der Waals surface area contributed by atoms with E-state index < -0.39 is 0 Å². The average molecular weight is 379 g/mol. The molecule has 0 saturated carbocycles. The lowest BCUT2D eigenvalue weighted by molar-refractivity contribution is 0.193. The van der Waals surface area contributed by atoms with Gasteiger partial charge in [-0.2, -0.15) is 5.10 Å². The maximum absolute atomic E-state index is 12.5. The number of H-pyrrole nitrogens is 1. The van der Waals surface area contributed by atoms with E-state index >= 15 is 0 Å². The van der Waals surface area contributed by atoms with Crippen molar-refractivity contribution in [3.63, 3.8) is 0 Å². The summed E-state index contributed by atoms with van der Waals surface area (Å²) in [6.07, 6.45) is 6.52. The smallest absolute Gasteiger partial charge is 0.321 e. The number of likely N-dealkylation sites (tertiary alicyclic amines) is 1. The number of aromatic nitrogens is 5. The molecular formula is C19H21N7O2. The van der Waals surface area contributed by atoms with Crippen molar-refractivity contribution in [1.29, 1.82) is 0 Å². The van der Waals surface area contributed by atoms with Gasteiger partial charge in [0, 0.05) is 37.1 Å². The van der Waals surface area contributed by atoms with Crippen LogP contribution in [-0.2, 0) is 0 Å². The first kappa shape index (κ1) is 17.9. The Kier molecular flexibility index (Phi) is 5.14. The lowest BCUT2D eigenvalue weighted by Crippen LogP contribution is -2.40. The highest BCUT2D eigenvalue weighted by atomic mass is 16.5. The summed E-state index contributed by atoms with van der Waals surface area (Å²) in [5.74, 6) is 2.37. The number of ether oxygens (including phenoxy) is 1. The monoisotopic (exact) mass is 379 g/mol. The Morgan fingerprint density at radius 3 is 2.68 bits per heavy atom. The molecule has 2 aromatic heterocycles. The number of nitrogens with one attached hydrogen (secondary N) is 2. The molecular weight excluding hydrogens is 358 g/mol. The van der Waals surface area contributed by atoms with E-state index in [0.717, 1.165) is 30.1 Å². The second-order valence-electron chi connectivity index (χ2n) is 6.55. The van der Waals surface area contributed by atoms with Crippen molar-refractivity contribution >= 4 is 11.7 Å². The van der Waals surface area contributed by atoms with E-state index in [1.54, 1.807) is 25.7 Å². The Morgan fingerprint density at radius 2 is 2.00 bits per heavy atom. The molecule has 0 aliphatic carbocycles. The molecule has 9 heteroatoms. The number of carbonyl (C=O) groups excluding carboxylic acids is 1. The van der Waals surface area contributed by atoms with E-state index in [-0.39, 0.29) is 11.9 Å². The van der Waals surface area contributed by atoms with E-state index in [1.165, 1.54) is 0 Å². The molecule has 28 heavy (non-hydrogen) atoms. The van der Waals surface area contributed by atoms with E-state index in [0.29, 0.717) is 24.6 Å². The number of anilines is 1. The van der Waals surface area contributed by atoms with Gasteiger partial charge < -0.3 is 15.0 Å². The maximum atomic E-state index is 12.5. The zero-order valence-corrected chi connectivity index (χ0v) is 15.5. The van der Waals surface area contributed by atoms with Crippen LogP contribution in [0.4, 0.5) is 10.5 Å². The van der Waals surface area contributed by atoms with Crippen molar-refractivity contribution in [2.75, 3.05) is 25.5 Å². The van der Waals surface area contributed by atoms with E-state index in [1.807, 2.05) is 29.2 Å². The van der Waals surface area contributed by atoms with Crippen molar-refractivity contribution in [3.05, 3.63) is 48.7 Å². The third-order valence-corrected chi connectivity index (χ3v) is 4.81. The predicted molar refractivity (Wildman–Crippen MR) is 103 cm³/mol. The molecule has 0 atom stereocenters. The summed E-state index contributed by atoms with van der Waals surface area (Å²) in [7, 11) is 1.61. The van der Waals surface area contributed by atoms with Crippen molar-refractivity contribution < 1.29 is 9.53 Å². The van der Waals surface area contributed by atoms with Gasteiger partial charge in [0.2, 0.25) is 5.82 Å². The molecule has 1 aliphatic heterocycles. The van der Waals surface area contributed by atoms with Gasteiger partial charge in [-0.15, -0.1) is 0 Å². The Balaban J connectivity index is 1.33. The number of rotatable bonds is 4. The van der Waals surface area contributed by atoms with Gasteiger partial charge in [0.05, 0.1) is 13.3 Å². The van der Waals surface area contributed by atoms with Crippen LogP contribution < -0.4 is 10.1 Å². The minimum Gasteiger partial charge on any atom is -0.497 e. The molecule has 0 bridgehead atoms. The van der Waals surface area contributed by atoms with Crippen LogP contribution in [0.5, 0.6) is 5.75 Å². The molecule has 3 heterocycles. The van der Waals surface area contributed by atoms with Crippen molar-refractivity contribution in [2.45, 2.75) is 18.8 Å². The van der Waals surface area contributed by atoms with Gasteiger partial charge >= 0.3 is 6.03 Å². The molecule has 1 aliphatic rings. The number of benzene rings is 1. The SMILES string of the molecule is COc1ccc(NC(=O)N2CCC(c3nc(-c4cnccn4)n[nH]3)CC2)cc1. The second-order valence-corrected chi connectivity index (χ2v) is 6.55. The summed E-state index contributed by atoms with van der Waals surface area (Å²) in [6.45, 7) is 1.32. The normalized spacial score (nSPS) is 14.7. The van der Waals surface area contributed by atoms with Crippen LogP contribution >= 0.6 is 0 Å². The molecule has 2 N–H and O–H groups in total. The average Bonchev–Trinajstić information content (AvgIpc) is 3.25. The Morgan fingerprint density at radius 1 is 1.21 bits per heavy atom. The van der Waals surface area contributed by atoms with Gasteiger partial charge in [0.1, 0.15) is 17.3 Å². The fourth-order valence-corrected chi connectivity index (χ4v) is 3.22. The predicted octanol–water partition coefficient (Wildman–Crippen LogP) is 2.68. The summed E-state index contributed by atoms with van der Waals surface area (Å²) in [6, 6.07) is 7.19. The molecule has 0 radical (unpaired) electrons. The van der Waals surface area contributed by atoms with Crippen LogP contribution in [0.1, 0.15) is 24.6 Å². The van der Waals surface area contributed by atoms with Gasteiger partial charge in [-0.1, -0.05) is 0 Å². The first-order chi connectivity index (χ1) is 13.7. The Bertz CT molecular complexity index is 919. The highest BCUT2D eigenvalue weighted by Crippen LogP contribution is 2.27. The van der Waals surface area contributed by atoms with Gasteiger partial charge in [-0.25, -0.2) is 14.8 Å². The molecule has 9 nitrogen and oxygen atoms in total. The molecule has 1 aromatic carbocycles. The third-order valence-electron chi connectivity index (χ3n) is 4.81. The maximum Gasteiger partial charge on any atom is 0.321 e. The first-order valence-electron chi connectivity index (χ1n) is 9.11. The van der Waals surface area contributed by atoms with E-state index in [4.69, 9.17) is 4.74 Å². The van der Waals surface area contributed by atoms with Crippen LogP contribution in [0, 0.1) is 0 Å². The number of methoxy groups -OCH3 is 1. The van der Waals surface area contributed by atoms with Crippen molar-refractivity contribution in [1.82, 2.24) is 30.0 Å². The molecule has 2 amide bonds. The third kappa shape index (κ3) is 3.93. The number of carbonyl (C=O) groups is 1. The molecule has 1 saturated heterocycles. The number of hydrogen-bond donors (Lipinski definition) is 2. The molecule has 0 spiro atoms. The highest BCUT2D eigenvalue weighted by molar-refractivity contribution is 5.89. The molecule has 1 fully saturated rings. The minimum atomic E-state index is -0.0959. The minimum absolute atomic E-state index is 0.0959. The number of hydrogen-bond acceptors (Lipinski definition) is 6. The van der Waals surface area contributed by atoms with Gasteiger partial charge in [-0.05, 0) is 37.1 Å². The quantitative estimate of drug-likeness (QED) is 0.721. The van der Waals surface area contributed by atoms with Gasteiger partial charge in [-0.3, -0.25) is 10.1 Å². The molecule has 3 aromatic rings. The van der Waals surface area contributed by atoms with Crippen LogP contribution in [0.15, 0.2) is 42.9 Å².